The Morgan fingerprint density at radius 2 is 1.92 bits per heavy atom. The van der Waals surface area contributed by atoms with Crippen LogP contribution in [-0.4, -0.2) is 15.1 Å². The number of ether oxygens (including phenoxy) is 1. The van der Waals surface area contributed by atoms with E-state index >= 15 is 0 Å². The Labute approximate surface area is 162 Å². The van der Waals surface area contributed by atoms with Crippen LogP contribution in [0.3, 0.4) is 0 Å². The molecule has 0 saturated carbocycles. The van der Waals surface area contributed by atoms with E-state index in [0.717, 1.165) is 5.56 Å². The molecule has 26 heavy (non-hydrogen) atoms. The Morgan fingerprint density at radius 1 is 1.15 bits per heavy atom. The average molecular weight is 412 g/mol. The summed E-state index contributed by atoms with van der Waals surface area (Å²) in [6, 6.07) is 11.2. The van der Waals surface area contributed by atoms with E-state index in [1.807, 2.05) is 0 Å². The van der Waals surface area contributed by atoms with Crippen LogP contribution in [0.5, 0.6) is 5.75 Å². The molecule has 0 amide bonds. The molecule has 0 aliphatic carbocycles. The standard InChI is InChI=1S/C16H11Cl2N3O4S/c17-11-3-6-14(13(18)7-11)24-8-15-19-20-16(25-15)26-9-10-1-4-12(5-2-10)21(22)23/h1-7H,8-9H2. The minimum absolute atomic E-state index is 0.0526. The third kappa shape index (κ3) is 4.87. The number of rotatable bonds is 7. The molecule has 1 aromatic heterocycles. The van der Waals surface area contributed by atoms with Gasteiger partial charge < -0.3 is 9.15 Å². The molecule has 0 fully saturated rings. The molecule has 134 valence electrons. The van der Waals surface area contributed by atoms with Gasteiger partial charge in [-0.3, -0.25) is 10.1 Å². The zero-order chi connectivity index (χ0) is 18.5. The Bertz CT molecular complexity index is 918. The Balaban J connectivity index is 1.53. The highest BCUT2D eigenvalue weighted by Crippen LogP contribution is 2.28. The first kappa shape index (κ1) is 18.5. The van der Waals surface area contributed by atoms with Crippen LogP contribution in [0.1, 0.15) is 11.5 Å². The van der Waals surface area contributed by atoms with Crippen LogP contribution in [0.25, 0.3) is 0 Å². The number of non-ortho nitro benzene ring substituents is 1. The second-order valence-corrected chi connectivity index (χ2v) is 6.81. The lowest BCUT2D eigenvalue weighted by Gasteiger charge is -2.05. The maximum absolute atomic E-state index is 10.6. The second-order valence-electron chi connectivity index (χ2n) is 5.04. The van der Waals surface area contributed by atoms with E-state index in [0.29, 0.717) is 32.7 Å². The van der Waals surface area contributed by atoms with Crippen LogP contribution in [-0.2, 0) is 12.4 Å². The molecular weight excluding hydrogens is 401 g/mol. The van der Waals surface area contributed by atoms with Crippen molar-refractivity contribution in [2.45, 2.75) is 17.6 Å². The summed E-state index contributed by atoms with van der Waals surface area (Å²) in [6.45, 7) is 0.0758. The smallest absolute Gasteiger partial charge is 0.277 e. The third-order valence-corrected chi connectivity index (χ3v) is 4.62. The van der Waals surface area contributed by atoms with Gasteiger partial charge in [-0.25, -0.2) is 0 Å². The Hall–Kier alpha value is -2.29. The molecule has 0 unspecified atom stereocenters. The van der Waals surface area contributed by atoms with E-state index in [-0.39, 0.29) is 12.3 Å². The lowest BCUT2D eigenvalue weighted by Crippen LogP contribution is -1.96. The van der Waals surface area contributed by atoms with Crippen LogP contribution < -0.4 is 4.74 Å². The highest BCUT2D eigenvalue weighted by molar-refractivity contribution is 7.98. The first-order chi connectivity index (χ1) is 12.5. The largest absolute Gasteiger partial charge is 0.482 e. The van der Waals surface area contributed by atoms with Crippen molar-refractivity contribution in [3.8, 4) is 5.75 Å². The van der Waals surface area contributed by atoms with Gasteiger partial charge in [0.25, 0.3) is 16.8 Å². The van der Waals surface area contributed by atoms with E-state index in [1.54, 1.807) is 30.3 Å². The van der Waals surface area contributed by atoms with Crippen molar-refractivity contribution in [2.75, 3.05) is 0 Å². The summed E-state index contributed by atoms with van der Waals surface area (Å²) in [6.07, 6.45) is 0. The molecule has 3 aromatic rings. The van der Waals surface area contributed by atoms with Crippen molar-refractivity contribution >= 4 is 40.7 Å². The second kappa shape index (κ2) is 8.39. The van der Waals surface area contributed by atoms with Crippen molar-refractivity contribution < 1.29 is 14.1 Å². The summed E-state index contributed by atoms with van der Waals surface area (Å²) >= 11 is 13.2. The van der Waals surface area contributed by atoms with Crippen molar-refractivity contribution in [2.24, 2.45) is 0 Å². The van der Waals surface area contributed by atoms with Crippen molar-refractivity contribution in [1.82, 2.24) is 10.2 Å². The Morgan fingerprint density at radius 3 is 2.62 bits per heavy atom. The minimum Gasteiger partial charge on any atom is -0.482 e. The summed E-state index contributed by atoms with van der Waals surface area (Å²) in [5, 5.41) is 19.8. The summed E-state index contributed by atoms with van der Waals surface area (Å²) in [4.78, 5) is 10.2. The topological polar surface area (TPSA) is 91.3 Å². The monoisotopic (exact) mass is 411 g/mol. The number of hydrogen-bond donors (Lipinski definition) is 0. The van der Waals surface area contributed by atoms with E-state index in [4.69, 9.17) is 32.4 Å². The van der Waals surface area contributed by atoms with Gasteiger partial charge >= 0.3 is 0 Å². The van der Waals surface area contributed by atoms with Gasteiger partial charge in [0, 0.05) is 22.9 Å². The molecule has 0 bridgehead atoms. The van der Waals surface area contributed by atoms with Crippen LogP contribution in [0.15, 0.2) is 52.1 Å². The van der Waals surface area contributed by atoms with Crippen LogP contribution in [0, 0.1) is 10.1 Å². The quantitative estimate of drug-likeness (QED) is 0.301. The molecule has 7 nitrogen and oxygen atoms in total. The summed E-state index contributed by atoms with van der Waals surface area (Å²) in [7, 11) is 0. The van der Waals surface area contributed by atoms with Gasteiger partial charge in [0.2, 0.25) is 0 Å². The van der Waals surface area contributed by atoms with E-state index < -0.39 is 4.92 Å². The summed E-state index contributed by atoms with van der Waals surface area (Å²) in [5.74, 6) is 1.32. The highest BCUT2D eigenvalue weighted by atomic mass is 35.5. The normalized spacial score (nSPS) is 10.7. The molecule has 0 spiro atoms. The fourth-order valence-corrected chi connectivity index (χ4v) is 3.14. The fourth-order valence-electron chi connectivity index (χ4n) is 1.95. The third-order valence-electron chi connectivity index (χ3n) is 3.20. The Kier molecular flexibility index (Phi) is 5.97. The number of nitrogens with zero attached hydrogens (tertiary/aromatic N) is 3. The number of benzene rings is 2. The van der Waals surface area contributed by atoms with Crippen molar-refractivity contribution in [1.29, 1.82) is 0 Å². The summed E-state index contributed by atoms with van der Waals surface area (Å²) < 4.78 is 11.0. The number of thioether (sulfide) groups is 1. The summed E-state index contributed by atoms with van der Waals surface area (Å²) in [5.41, 5.74) is 0.960. The van der Waals surface area contributed by atoms with Gasteiger partial charge in [0.15, 0.2) is 6.61 Å². The predicted molar refractivity (Wildman–Crippen MR) is 97.7 cm³/mol. The number of aromatic nitrogens is 2. The lowest BCUT2D eigenvalue weighted by atomic mass is 10.2. The van der Waals surface area contributed by atoms with Crippen LogP contribution >= 0.6 is 35.0 Å². The zero-order valence-corrected chi connectivity index (χ0v) is 15.4. The van der Waals surface area contributed by atoms with Crippen LogP contribution in [0.4, 0.5) is 5.69 Å². The molecule has 0 atom stereocenters. The maximum atomic E-state index is 10.6. The SMILES string of the molecule is O=[N+]([O-])c1ccc(CSc2nnc(COc3ccc(Cl)cc3Cl)o2)cc1. The molecule has 0 N–H and O–H groups in total. The molecule has 2 aromatic carbocycles. The molecular formula is C16H11Cl2N3O4S. The lowest BCUT2D eigenvalue weighted by molar-refractivity contribution is -0.384. The molecule has 0 aliphatic heterocycles. The van der Waals surface area contributed by atoms with Gasteiger partial charge in [-0.05, 0) is 23.8 Å². The predicted octanol–water partition coefficient (Wildman–Crippen LogP) is 5.16. The molecule has 3 rings (SSSR count). The molecule has 0 radical (unpaired) electrons. The molecule has 10 heteroatoms. The molecule has 0 aliphatic rings. The zero-order valence-electron chi connectivity index (χ0n) is 13.1. The first-order valence-electron chi connectivity index (χ1n) is 7.27. The van der Waals surface area contributed by atoms with Crippen molar-refractivity contribution in [3.63, 3.8) is 0 Å². The average Bonchev–Trinajstić information content (AvgIpc) is 3.07. The van der Waals surface area contributed by atoms with E-state index in [1.165, 1.54) is 23.9 Å². The highest BCUT2D eigenvalue weighted by Gasteiger charge is 2.10. The van der Waals surface area contributed by atoms with Crippen molar-refractivity contribution in [3.05, 3.63) is 74.1 Å². The number of hydrogen-bond acceptors (Lipinski definition) is 7. The van der Waals surface area contributed by atoms with Crippen LogP contribution in [0.2, 0.25) is 10.0 Å². The van der Waals surface area contributed by atoms with Gasteiger partial charge in [-0.15, -0.1) is 10.2 Å². The first-order valence-corrected chi connectivity index (χ1v) is 9.02. The molecule has 0 saturated heterocycles. The van der Waals surface area contributed by atoms with Gasteiger partial charge in [-0.2, -0.15) is 0 Å². The molecule has 1 heterocycles. The number of nitro benzene ring substituents is 1. The number of halogens is 2. The fraction of sp³-hybridized carbons (Fsp3) is 0.125. The van der Waals surface area contributed by atoms with Gasteiger partial charge in [0.1, 0.15) is 5.75 Å². The van der Waals surface area contributed by atoms with Gasteiger partial charge in [0.05, 0.1) is 9.95 Å². The maximum Gasteiger partial charge on any atom is 0.277 e. The minimum atomic E-state index is -0.436. The van der Waals surface area contributed by atoms with Gasteiger partial charge in [-0.1, -0.05) is 47.1 Å². The van der Waals surface area contributed by atoms with E-state index in [2.05, 4.69) is 10.2 Å². The number of nitro groups is 1. The van der Waals surface area contributed by atoms with E-state index in [9.17, 15) is 10.1 Å².